The number of rotatable bonds is 4. The maximum atomic E-state index is 11.9. The van der Waals surface area contributed by atoms with Gasteiger partial charge in [-0.15, -0.1) is 0 Å². The first-order valence-electron chi connectivity index (χ1n) is 7.11. The number of aromatic nitrogens is 2. The number of benzene rings is 1. The second kappa shape index (κ2) is 6.89. The molecule has 0 bridgehead atoms. The van der Waals surface area contributed by atoms with Gasteiger partial charge in [0.05, 0.1) is 6.33 Å². The molecule has 0 fully saturated rings. The molecule has 0 radical (unpaired) electrons. The van der Waals surface area contributed by atoms with Gasteiger partial charge in [0, 0.05) is 30.5 Å². The second-order valence-electron chi connectivity index (χ2n) is 5.20. The molecule has 0 aliphatic heterocycles. The third-order valence-electron chi connectivity index (χ3n) is 3.56. The lowest BCUT2D eigenvalue weighted by molar-refractivity contribution is 0.251. The van der Waals surface area contributed by atoms with Crippen LogP contribution in [0.5, 0.6) is 0 Å². The Balaban J connectivity index is 1.89. The average Bonchev–Trinajstić information content (AvgIpc) is 2.48. The van der Waals surface area contributed by atoms with Gasteiger partial charge in [0.15, 0.2) is 0 Å². The highest BCUT2D eigenvalue weighted by Crippen LogP contribution is 2.17. The van der Waals surface area contributed by atoms with Crippen LogP contribution in [0.4, 0.5) is 10.5 Å². The van der Waals surface area contributed by atoms with Crippen LogP contribution in [0.15, 0.2) is 35.5 Å². The summed E-state index contributed by atoms with van der Waals surface area (Å²) < 4.78 is 1.48. The SMILES string of the molecule is Cc1cccc(NC(=O)NCCn2cncc(C)c2=O)c1C. The summed E-state index contributed by atoms with van der Waals surface area (Å²) >= 11 is 0. The Morgan fingerprint density at radius 2 is 2.00 bits per heavy atom. The van der Waals surface area contributed by atoms with E-state index in [0.29, 0.717) is 18.7 Å². The Hall–Kier alpha value is -2.63. The summed E-state index contributed by atoms with van der Waals surface area (Å²) in [6.45, 7) is 6.40. The molecule has 2 amide bonds. The molecular weight excluding hydrogens is 280 g/mol. The Morgan fingerprint density at radius 3 is 2.77 bits per heavy atom. The first-order chi connectivity index (χ1) is 10.5. The van der Waals surface area contributed by atoms with E-state index in [1.165, 1.54) is 17.1 Å². The van der Waals surface area contributed by atoms with Gasteiger partial charge in [0.2, 0.25) is 0 Å². The lowest BCUT2D eigenvalue weighted by atomic mass is 10.1. The van der Waals surface area contributed by atoms with Crippen LogP contribution >= 0.6 is 0 Å². The van der Waals surface area contributed by atoms with E-state index in [1.54, 1.807) is 6.92 Å². The zero-order valence-electron chi connectivity index (χ0n) is 13.0. The van der Waals surface area contributed by atoms with Crippen molar-refractivity contribution in [1.82, 2.24) is 14.9 Å². The lowest BCUT2D eigenvalue weighted by Gasteiger charge is -2.12. The van der Waals surface area contributed by atoms with E-state index in [4.69, 9.17) is 0 Å². The predicted molar refractivity (Wildman–Crippen MR) is 86.2 cm³/mol. The average molecular weight is 300 g/mol. The molecule has 0 saturated carbocycles. The fourth-order valence-electron chi connectivity index (χ4n) is 2.06. The molecule has 2 aromatic rings. The first-order valence-corrected chi connectivity index (χ1v) is 7.11. The predicted octanol–water partition coefficient (Wildman–Crippen LogP) is 1.99. The minimum atomic E-state index is -0.289. The molecule has 2 rings (SSSR count). The number of hydrogen-bond donors (Lipinski definition) is 2. The summed E-state index contributed by atoms with van der Waals surface area (Å²) in [5.74, 6) is 0. The molecule has 6 nitrogen and oxygen atoms in total. The number of anilines is 1. The molecule has 1 aromatic carbocycles. The van der Waals surface area contributed by atoms with Gasteiger partial charge >= 0.3 is 6.03 Å². The van der Waals surface area contributed by atoms with Crippen molar-refractivity contribution in [3.8, 4) is 0 Å². The Bertz CT molecular complexity index is 737. The topological polar surface area (TPSA) is 76.0 Å². The van der Waals surface area contributed by atoms with Crippen LogP contribution in [0.2, 0.25) is 0 Å². The van der Waals surface area contributed by atoms with Crippen LogP contribution in [0.25, 0.3) is 0 Å². The summed E-state index contributed by atoms with van der Waals surface area (Å²) in [5, 5.41) is 5.55. The minimum Gasteiger partial charge on any atom is -0.336 e. The number of urea groups is 1. The van der Waals surface area contributed by atoms with E-state index < -0.39 is 0 Å². The van der Waals surface area contributed by atoms with Crippen molar-refractivity contribution < 1.29 is 4.79 Å². The fraction of sp³-hybridized carbons (Fsp3) is 0.312. The highest BCUT2D eigenvalue weighted by molar-refractivity contribution is 5.90. The monoisotopic (exact) mass is 300 g/mol. The van der Waals surface area contributed by atoms with Crippen molar-refractivity contribution in [3.05, 3.63) is 57.8 Å². The molecule has 22 heavy (non-hydrogen) atoms. The standard InChI is InChI=1S/C16H20N4O2/c1-11-5-4-6-14(13(11)3)19-16(22)18-7-8-20-10-17-9-12(2)15(20)21/h4-6,9-10H,7-8H2,1-3H3,(H2,18,19,22). The van der Waals surface area contributed by atoms with Crippen LogP contribution in [-0.4, -0.2) is 22.1 Å². The van der Waals surface area contributed by atoms with Crippen LogP contribution in [0.3, 0.4) is 0 Å². The van der Waals surface area contributed by atoms with Gasteiger partial charge in [-0.05, 0) is 38.0 Å². The second-order valence-corrected chi connectivity index (χ2v) is 5.20. The van der Waals surface area contributed by atoms with Gasteiger partial charge in [-0.2, -0.15) is 0 Å². The molecule has 0 aliphatic rings. The third-order valence-corrected chi connectivity index (χ3v) is 3.56. The zero-order chi connectivity index (χ0) is 16.1. The summed E-state index contributed by atoms with van der Waals surface area (Å²) in [6, 6.07) is 5.46. The number of carbonyl (C=O) groups is 1. The summed E-state index contributed by atoms with van der Waals surface area (Å²) in [5.41, 5.74) is 3.44. The van der Waals surface area contributed by atoms with E-state index in [-0.39, 0.29) is 11.6 Å². The van der Waals surface area contributed by atoms with E-state index in [2.05, 4.69) is 15.6 Å². The number of hydrogen-bond acceptors (Lipinski definition) is 3. The molecule has 2 N–H and O–H groups in total. The quantitative estimate of drug-likeness (QED) is 0.906. The molecule has 1 heterocycles. The van der Waals surface area contributed by atoms with Gasteiger partial charge in [0.25, 0.3) is 5.56 Å². The molecule has 0 aliphatic carbocycles. The number of carbonyl (C=O) groups excluding carboxylic acids is 1. The maximum absolute atomic E-state index is 11.9. The van der Waals surface area contributed by atoms with Crippen LogP contribution < -0.4 is 16.2 Å². The van der Waals surface area contributed by atoms with Gasteiger partial charge in [-0.3, -0.25) is 9.36 Å². The number of nitrogens with one attached hydrogen (secondary N) is 2. The van der Waals surface area contributed by atoms with E-state index in [9.17, 15) is 9.59 Å². The fourth-order valence-corrected chi connectivity index (χ4v) is 2.06. The van der Waals surface area contributed by atoms with Gasteiger partial charge in [0.1, 0.15) is 0 Å². The van der Waals surface area contributed by atoms with Gasteiger partial charge < -0.3 is 10.6 Å². The third kappa shape index (κ3) is 3.72. The van der Waals surface area contributed by atoms with Crippen LogP contribution in [-0.2, 0) is 6.54 Å². The van der Waals surface area contributed by atoms with E-state index in [0.717, 1.165) is 16.8 Å². The van der Waals surface area contributed by atoms with E-state index in [1.807, 2.05) is 32.0 Å². The first kappa shape index (κ1) is 15.8. The maximum Gasteiger partial charge on any atom is 0.319 e. The summed E-state index contributed by atoms with van der Waals surface area (Å²) in [7, 11) is 0. The van der Waals surface area contributed by atoms with Gasteiger partial charge in [-0.1, -0.05) is 12.1 Å². The number of amides is 2. The molecule has 116 valence electrons. The molecule has 0 spiro atoms. The number of aryl methyl sites for hydroxylation is 2. The normalized spacial score (nSPS) is 10.3. The molecule has 0 saturated heterocycles. The van der Waals surface area contributed by atoms with Crippen molar-refractivity contribution in [3.63, 3.8) is 0 Å². The molecule has 0 atom stereocenters. The van der Waals surface area contributed by atoms with Crippen LogP contribution in [0.1, 0.15) is 16.7 Å². The van der Waals surface area contributed by atoms with Crippen molar-refractivity contribution in [2.75, 3.05) is 11.9 Å². The zero-order valence-corrected chi connectivity index (χ0v) is 13.0. The molecule has 0 unspecified atom stereocenters. The minimum absolute atomic E-state index is 0.0910. The molecule has 1 aromatic heterocycles. The van der Waals surface area contributed by atoms with Crippen molar-refractivity contribution in [2.45, 2.75) is 27.3 Å². The largest absolute Gasteiger partial charge is 0.336 e. The molecule has 6 heteroatoms. The summed E-state index contributed by atoms with van der Waals surface area (Å²) in [4.78, 5) is 27.7. The van der Waals surface area contributed by atoms with Gasteiger partial charge in [-0.25, -0.2) is 9.78 Å². The number of nitrogens with zero attached hydrogens (tertiary/aromatic N) is 2. The highest BCUT2D eigenvalue weighted by Gasteiger charge is 2.05. The highest BCUT2D eigenvalue weighted by atomic mass is 16.2. The summed E-state index contributed by atoms with van der Waals surface area (Å²) in [6.07, 6.45) is 3.00. The van der Waals surface area contributed by atoms with Crippen molar-refractivity contribution in [2.24, 2.45) is 0 Å². The van der Waals surface area contributed by atoms with Crippen LogP contribution in [0, 0.1) is 20.8 Å². The van der Waals surface area contributed by atoms with Crippen molar-refractivity contribution in [1.29, 1.82) is 0 Å². The Morgan fingerprint density at radius 1 is 1.23 bits per heavy atom. The Kier molecular flexibility index (Phi) is 4.93. The lowest BCUT2D eigenvalue weighted by Crippen LogP contribution is -2.34. The molecular formula is C16H20N4O2. The van der Waals surface area contributed by atoms with E-state index >= 15 is 0 Å². The smallest absolute Gasteiger partial charge is 0.319 e. The Labute approximate surface area is 129 Å². The van der Waals surface area contributed by atoms with Crippen molar-refractivity contribution >= 4 is 11.7 Å².